The maximum Gasteiger partial charge on any atom is 0.0992 e. The third kappa shape index (κ3) is 1.99. The first-order valence-corrected chi connectivity index (χ1v) is 6.66. The van der Waals surface area contributed by atoms with E-state index in [0.717, 1.165) is 27.8 Å². The predicted octanol–water partition coefficient (Wildman–Crippen LogP) is 2.80. The molecule has 0 saturated carbocycles. The van der Waals surface area contributed by atoms with Gasteiger partial charge in [0.15, 0.2) is 0 Å². The minimum atomic E-state index is 1.08. The van der Waals surface area contributed by atoms with Gasteiger partial charge in [-0.2, -0.15) is 5.10 Å². The average molecular weight is 275 g/mol. The van der Waals surface area contributed by atoms with Gasteiger partial charge in [0.05, 0.1) is 24.2 Å². The molecule has 0 aliphatic rings. The Bertz CT molecular complexity index is 905. The van der Waals surface area contributed by atoms with E-state index in [0.29, 0.717) is 0 Å². The predicted molar refractivity (Wildman–Crippen MR) is 80.6 cm³/mol. The second kappa shape index (κ2) is 4.56. The Morgan fingerprint density at radius 3 is 2.52 bits per heavy atom. The molecule has 5 heteroatoms. The number of aromatic nitrogens is 5. The zero-order valence-corrected chi connectivity index (χ0v) is 11.5. The molecular weight excluding hydrogens is 262 g/mol. The number of hydrogen-bond donors (Lipinski definition) is 0. The smallest absolute Gasteiger partial charge is 0.0992 e. The van der Waals surface area contributed by atoms with Gasteiger partial charge in [0.2, 0.25) is 0 Å². The van der Waals surface area contributed by atoms with E-state index >= 15 is 0 Å². The van der Waals surface area contributed by atoms with Crippen LogP contribution in [-0.4, -0.2) is 24.1 Å². The largest absolute Gasteiger partial charge is 0.305 e. The Balaban J connectivity index is 1.99. The molecule has 4 aromatic rings. The van der Waals surface area contributed by atoms with Gasteiger partial charge in [0.1, 0.15) is 0 Å². The van der Waals surface area contributed by atoms with Crippen LogP contribution in [0, 0.1) is 0 Å². The topological polar surface area (TPSA) is 48.0 Å². The average Bonchev–Trinajstić information content (AvgIpc) is 3.15. The normalized spacial score (nSPS) is 11.1. The minimum Gasteiger partial charge on any atom is -0.305 e. The molecule has 4 rings (SSSR count). The highest BCUT2D eigenvalue weighted by molar-refractivity contribution is 5.83. The summed E-state index contributed by atoms with van der Waals surface area (Å²) >= 11 is 0. The molecule has 0 spiro atoms. The maximum atomic E-state index is 4.25. The monoisotopic (exact) mass is 275 g/mol. The van der Waals surface area contributed by atoms with Gasteiger partial charge in [-0.25, -0.2) is 4.98 Å². The van der Waals surface area contributed by atoms with E-state index in [1.165, 1.54) is 0 Å². The van der Waals surface area contributed by atoms with Crippen LogP contribution in [0.15, 0.2) is 61.7 Å². The van der Waals surface area contributed by atoms with E-state index in [9.17, 15) is 0 Å². The van der Waals surface area contributed by atoms with Crippen molar-refractivity contribution in [3.8, 4) is 22.3 Å². The fraction of sp³-hybridized carbons (Fsp3) is 0.0625. The summed E-state index contributed by atoms with van der Waals surface area (Å²) in [5.74, 6) is 0. The van der Waals surface area contributed by atoms with Gasteiger partial charge in [-0.1, -0.05) is 0 Å². The highest BCUT2D eigenvalue weighted by Gasteiger charge is 2.09. The van der Waals surface area contributed by atoms with Crippen LogP contribution in [0.1, 0.15) is 0 Å². The van der Waals surface area contributed by atoms with Crippen LogP contribution < -0.4 is 0 Å². The van der Waals surface area contributed by atoms with E-state index in [1.807, 2.05) is 48.5 Å². The molecule has 0 atom stereocenters. The summed E-state index contributed by atoms with van der Waals surface area (Å²) in [6.07, 6.45) is 13.3. The second-order valence-corrected chi connectivity index (χ2v) is 4.97. The summed E-state index contributed by atoms with van der Waals surface area (Å²) in [7, 11) is 1.92. The standard InChI is InChI=1S/C16H13N5/c1-20-9-14(7-19-20)13-6-15(12-2-4-17-5-3-12)16-8-18-11-21(16)10-13/h2-11H,1H3. The molecule has 0 aromatic carbocycles. The van der Waals surface area contributed by atoms with E-state index < -0.39 is 0 Å². The number of pyridine rings is 2. The summed E-state index contributed by atoms with van der Waals surface area (Å²) in [6, 6.07) is 6.19. The summed E-state index contributed by atoms with van der Waals surface area (Å²) in [5, 5.41) is 4.24. The van der Waals surface area contributed by atoms with Crippen LogP contribution in [0.2, 0.25) is 0 Å². The number of imidazole rings is 1. The van der Waals surface area contributed by atoms with Crippen molar-refractivity contribution >= 4 is 5.52 Å². The van der Waals surface area contributed by atoms with Gasteiger partial charge >= 0.3 is 0 Å². The number of aryl methyl sites for hydroxylation is 1. The van der Waals surface area contributed by atoms with Crippen molar-refractivity contribution in [2.45, 2.75) is 0 Å². The van der Waals surface area contributed by atoms with Gasteiger partial charge < -0.3 is 4.40 Å². The van der Waals surface area contributed by atoms with E-state index in [2.05, 4.69) is 27.3 Å². The molecule has 21 heavy (non-hydrogen) atoms. The number of fused-ring (bicyclic) bond motifs is 1. The molecule has 0 bridgehead atoms. The first-order valence-electron chi connectivity index (χ1n) is 6.66. The SMILES string of the molecule is Cn1cc(-c2cc(-c3ccncc3)c3cncn3c2)cn1. The van der Waals surface area contributed by atoms with E-state index in [-0.39, 0.29) is 0 Å². The van der Waals surface area contributed by atoms with E-state index in [1.54, 1.807) is 17.1 Å². The molecule has 0 aliphatic carbocycles. The fourth-order valence-electron chi connectivity index (χ4n) is 2.52. The van der Waals surface area contributed by atoms with Gasteiger partial charge in [-0.3, -0.25) is 9.67 Å². The zero-order valence-electron chi connectivity index (χ0n) is 11.5. The molecule has 4 aromatic heterocycles. The van der Waals surface area contributed by atoms with Crippen molar-refractivity contribution in [1.29, 1.82) is 0 Å². The molecule has 0 N–H and O–H groups in total. The van der Waals surface area contributed by atoms with Gasteiger partial charge in [-0.15, -0.1) is 0 Å². The lowest BCUT2D eigenvalue weighted by Crippen LogP contribution is -1.90. The first-order chi connectivity index (χ1) is 10.3. The molecule has 4 heterocycles. The van der Waals surface area contributed by atoms with Crippen molar-refractivity contribution in [2.75, 3.05) is 0 Å². The van der Waals surface area contributed by atoms with Gasteiger partial charge in [-0.05, 0) is 23.8 Å². The Kier molecular flexibility index (Phi) is 2.57. The molecule has 0 unspecified atom stereocenters. The van der Waals surface area contributed by atoms with Crippen LogP contribution >= 0.6 is 0 Å². The third-order valence-corrected chi connectivity index (χ3v) is 3.55. The summed E-state index contributed by atoms with van der Waals surface area (Å²) in [4.78, 5) is 8.34. The Morgan fingerprint density at radius 1 is 0.905 bits per heavy atom. The van der Waals surface area contributed by atoms with Crippen molar-refractivity contribution in [1.82, 2.24) is 24.1 Å². The second-order valence-electron chi connectivity index (χ2n) is 4.97. The highest BCUT2D eigenvalue weighted by Crippen LogP contribution is 2.29. The van der Waals surface area contributed by atoms with Crippen molar-refractivity contribution in [2.24, 2.45) is 7.05 Å². The lowest BCUT2D eigenvalue weighted by molar-refractivity contribution is 0.768. The molecule has 102 valence electrons. The van der Waals surface area contributed by atoms with Crippen LogP contribution in [-0.2, 0) is 7.05 Å². The highest BCUT2D eigenvalue weighted by atomic mass is 15.2. The molecule has 0 fully saturated rings. The van der Waals surface area contributed by atoms with Crippen LogP contribution in [0.4, 0.5) is 0 Å². The number of hydrogen-bond acceptors (Lipinski definition) is 3. The molecule has 0 amide bonds. The molecule has 5 nitrogen and oxygen atoms in total. The van der Waals surface area contributed by atoms with Crippen LogP contribution in [0.3, 0.4) is 0 Å². The van der Waals surface area contributed by atoms with Crippen molar-refractivity contribution in [3.05, 3.63) is 61.7 Å². The van der Waals surface area contributed by atoms with Crippen LogP contribution in [0.25, 0.3) is 27.8 Å². The molecule has 0 aliphatic heterocycles. The number of rotatable bonds is 2. The lowest BCUT2D eigenvalue weighted by Gasteiger charge is -2.08. The quantitative estimate of drug-likeness (QED) is 0.565. The van der Waals surface area contributed by atoms with Crippen molar-refractivity contribution < 1.29 is 0 Å². The Hall–Kier alpha value is -2.95. The third-order valence-electron chi connectivity index (χ3n) is 3.55. The minimum absolute atomic E-state index is 1.08. The van der Waals surface area contributed by atoms with Gasteiger partial charge in [0.25, 0.3) is 0 Å². The Morgan fingerprint density at radius 2 is 1.76 bits per heavy atom. The zero-order chi connectivity index (χ0) is 14.2. The fourth-order valence-corrected chi connectivity index (χ4v) is 2.52. The van der Waals surface area contributed by atoms with Crippen LogP contribution in [0.5, 0.6) is 0 Å². The lowest BCUT2D eigenvalue weighted by atomic mass is 10.0. The molecule has 0 saturated heterocycles. The van der Waals surface area contributed by atoms with E-state index in [4.69, 9.17) is 0 Å². The first kappa shape index (κ1) is 11.8. The van der Waals surface area contributed by atoms with Crippen molar-refractivity contribution in [3.63, 3.8) is 0 Å². The number of nitrogens with zero attached hydrogens (tertiary/aromatic N) is 5. The van der Waals surface area contributed by atoms with Gasteiger partial charge in [0, 0.05) is 48.5 Å². The molecular formula is C16H13N5. The maximum absolute atomic E-state index is 4.25. The molecule has 0 radical (unpaired) electrons. The Labute approximate surface area is 121 Å². The summed E-state index contributed by atoms with van der Waals surface area (Å²) in [6.45, 7) is 0. The summed E-state index contributed by atoms with van der Waals surface area (Å²) < 4.78 is 3.84. The summed E-state index contributed by atoms with van der Waals surface area (Å²) in [5.41, 5.74) is 5.54.